The predicted octanol–water partition coefficient (Wildman–Crippen LogP) is -1.00. The summed E-state index contributed by atoms with van der Waals surface area (Å²) >= 11 is 0. The Morgan fingerprint density at radius 1 is 0.875 bits per heavy atom. The molecule has 0 aromatic rings. The highest BCUT2D eigenvalue weighted by Crippen LogP contribution is 2.09. The summed E-state index contributed by atoms with van der Waals surface area (Å²) in [4.78, 5) is 26.6. The highest BCUT2D eigenvalue weighted by atomic mass is 16.2. The number of hydrogen-bond acceptors (Lipinski definition) is 5. The van der Waals surface area contributed by atoms with Gasteiger partial charge in [-0.25, -0.2) is 17.9 Å². The van der Waals surface area contributed by atoms with E-state index in [0.717, 1.165) is 19.6 Å². The highest BCUT2D eigenvalue weighted by molar-refractivity contribution is 5.76. The van der Waals surface area contributed by atoms with Crippen LogP contribution in [0.15, 0.2) is 0 Å². The van der Waals surface area contributed by atoms with Crippen molar-refractivity contribution in [2.45, 2.75) is 0 Å². The van der Waals surface area contributed by atoms with Gasteiger partial charge in [-0.05, 0) is 0 Å². The van der Waals surface area contributed by atoms with Gasteiger partial charge in [0.2, 0.25) is 0 Å². The molecular formula is C15H28N8O. The maximum atomic E-state index is 12.4. The monoisotopic (exact) mass is 336 g/mol. The largest absolute Gasteiger partial charge is 0.329 e. The summed E-state index contributed by atoms with van der Waals surface area (Å²) in [6, 6.07) is 0.0287. The molecule has 0 aliphatic carbocycles. The highest BCUT2D eigenvalue weighted by Gasteiger charge is 2.28. The number of carbonyl (C=O) groups excluding carboxylic acids is 1. The average Bonchev–Trinajstić information content (AvgIpc) is 2.91. The number of urea groups is 1. The van der Waals surface area contributed by atoms with E-state index in [-0.39, 0.29) is 19.4 Å². The van der Waals surface area contributed by atoms with Gasteiger partial charge < -0.3 is 21.3 Å². The van der Waals surface area contributed by atoms with E-state index in [1.165, 1.54) is 0 Å². The maximum absolute atomic E-state index is 12.4. The minimum absolute atomic E-state index is 0.0287. The number of nitrogens with zero attached hydrogens (tertiary/aromatic N) is 6. The molecule has 0 bridgehead atoms. The van der Waals surface area contributed by atoms with Gasteiger partial charge in [0.25, 0.3) is 13.3 Å². The van der Waals surface area contributed by atoms with Crippen molar-refractivity contribution in [3.05, 3.63) is 22.8 Å². The van der Waals surface area contributed by atoms with Crippen LogP contribution in [0.1, 0.15) is 0 Å². The summed E-state index contributed by atoms with van der Waals surface area (Å²) < 4.78 is 0. The average molecular weight is 336 g/mol. The number of rotatable bonds is 12. The van der Waals surface area contributed by atoms with Gasteiger partial charge in [0.15, 0.2) is 0 Å². The molecule has 4 N–H and O–H groups in total. The van der Waals surface area contributed by atoms with Gasteiger partial charge in [-0.15, -0.1) is 0 Å². The van der Waals surface area contributed by atoms with Gasteiger partial charge in [-0.2, -0.15) is 4.90 Å². The van der Waals surface area contributed by atoms with Crippen LogP contribution in [0.25, 0.3) is 9.69 Å². The first-order chi connectivity index (χ1) is 11.7. The SMILES string of the molecule is [C-]#[N+]CN(CCN1CCN(CCN(CCN)CCN)C1=O)C[N+]#[C-]. The summed E-state index contributed by atoms with van der Waals surface area (Å²) in [5.41, 5.74) is 11.2. The fourth-order valence-corrected chi connectivity index (χ4v) is 2.66. The summed E-state index contributed by atoms with van der Waals surface area (Å²) in [5.74, 6) is 0. The molecule has 0 aromatic heterocycles. The normalized spacial score (nSPS) is 14.5. The van der Waals surface area contributed by atoms with Crippen LogP contribution in [0.5, 0.6) is 0 Å². The van der Waals surface area contributed by atoms with E-state index < -0.39 is 0 Å². The molecule has 1 aliphatic heterocycles. The molecule has 0 spiro atoms. The molecule has 0 unspecified atom stereocenters. The Morgan fingerprint density at radius 2 is 1.33 bits per heavy atom. The molecule has 9 heteroatoms. The van der Waals surface area contributed by atoms with Crippen molar-refractivity contribution >= 4 is 6.03 Å². The van der Waals surface area contributed by atoms with Crippen molar-refractivity contribution in [3.8, 4) is 0 Å². The van der Waals surface area contributed by atoms with Crippen molar-refractivity contribution in [2.75, 3.05) is 78.8 Å². The Bertz CT molecular complexity index is 435. The number of amides is 2. The lowest BCUT2D eigenvalue weighted by Crippen LogP contribution is -2.42. The molecule has 0 atom stereocenters. The Kier molecular flexibility index (Phi) is 9.73. The van der Waals surface area contributed by atoms with Gasteiger partial charge in [-0.3, -0.25) is 14.6 Å². The topological polar surface area (TPSA) is 90.8 Å². The molecule has 0 saturated carbocycles. The minimum atomic E-state index is 0.0287. The Labute approximate surface area is 144 Å². The van der Waals surface area contributed by atoms with Crippen molar-refractivity contribution in [2.24, 2.45) is 11.5 Å². The summed E-state index contributed by atoms with van der Waals surface area (Å²) in [5, 5.41) is 0. The van der Waals surface area contributed by atoms with E-state index >= 15 is 0 Å². The second-order valence-corrected chi connectivity index (χ2v) is 5.67. The molecule has 1 fully saturated rings. The lowest BCUT2D eigenvalue weighted by atomic mass is 10.4. The number of carbonyl (C=O) groups is 1. The van der Waals surface area contributed by atoms with E-state index in [0.29, 0.717) is 45.8 Å². The first-order valence-electron chi connectivity index (χ1n) is 8.21. The van der Waals surface area contributed by atoms with E-state index in [2.05, 4.69) is 14.6 Å². The van der Waals surface area contributed by atoms with Crippen LogP contribution < -0.4 is 11.5 Å². The van der Waals surface area contributed by atoms with Crippen LogP contribution in [-0.4, -0.2) is 104 Å². The van der Waals surface area contributed by atoms with Gasteiger partial charge in [-0.1, -0.05) is 0 Å². The van der Waals surface area contributed by atoms with Crippen molar-refractivity contribution in [1.82, 2.24) is 19.6 Å². The Morgan fingerprint density at radius 3 is 1.75 bits per heavy atom. The first-order valence-corrected chi connectivity index (χ1v) is 8.21. The summed E-state index contributed by atoms with van der Waals surface area (Å²) in [7, 11) is 0. The second-order valence-electron chi connectivity index (χ2n) is 5.67. The second kappa shape index (κ2) is 11.6. The lowest BCUT2D eigenvalue weighted by molar-refractivity contribution is 0.178. The van der Waals surface area contributed by atoms with Crippen LogP contribution in [0, 0.1) is 13.1 Å². The van der Waals surface area contributed by atoms with E-state index in [9.17, 15) is 4.79 Å². The zero-order valence-electron chi connectivity index (χ0n) is 14.2. The minimum Gasteiger partial charge on any atom is -0.329 e. The quantitative estimate of drug-likeness (QED) is 0.446. The molecule has 1 heterocycles. The standard InChI is InChI=1S/C15H28N8O/c1-18-13-21(14-19-2)8-10-23-12-11-22(15(23)24)9-7-20(5-3-16)6-4-17/h3-14,16-17H2. The fourth-order valence-electron chi connectivity index (χ4n) is 2.66. The summed E-state index contributed by atoms with van der Waals surface area (Å²) in [6.07, 6.45) is 0. The van der Waals surface area contributed by atoms with Gasteiger partial charge >= 0.3 is 6.03 Å². The molecular weight excluding hydrogens is 308 g/mol. The zero-order valence-corrected chi connectivity index (χ0v) is 14.2. The third-order valence-electron chi connectivity index (χ3n) is 3.99. The molecule has 134 valence electrons. The molecule has 2 amide bonds. The van der Waals surface area contributed by atoms with E-state index in [1.54, 1.807) is 9.80 Å². The maximum Gasteiger partial charge on any atom is 0.320 e. The van der Waals surface area contributed by atoms with Gasteiger partial charge in [0, 0.05) is 65.4 Å². The molecule has 1 aliphatic rings. The molecule has 0 radical (unpaired) electrons. The van der Waals surface area contributed by atoms with Gasteiger partial charge in [0.1, 0.15) is 0 Å². The lowest BCUT2D eigenvalue weighted by Gasteiger charge is -2.24. The Balaban J connectivity index is 2.39. The smallest absolute Gasteiger partial charge is 0.320 e. The molecule has 24 heavy (non-hydrogen) atoms. The van der Waals surface area contributed by atoms with Crippen LogP contribution in [0.4, 0.5) is 4.79 Å². The van der Waals surface area contributed by atoms with E-state index in [4.69, 9.17) is 24.6 Å². The zero-order chi connectivity index (χ0) is 17.8. The molecule has 1 rings (SSSR count). The molecule has 9 nitrogen and oxygen atoms in total. The van der Waals surface area contributed by atoms with Crippen molar-refractivity contribution in [3.63, 3.8) is 0 Å². The number of nitrogens with two attached hydrogens (primary N) is 2. The van der Waals surface area contributed by atoms with Crippen LogP contribution in [-0.2, 0) is 0 Å². The first kappa shape index (κ1) is 20.1. The summed E-state index contributed by atoms with van der Waals surface area (Å²) in [6.45, 7) is 20.9. The van der Waals surface area contributed by atoms with Crippen molar-refractivity contribution < 1.29 is 4.79 Å². The van der Waals surface area contributed by atoms with Crippen LogP contribution in [0.3, 0.4) is 0 Å². The fraction of sp³-hybridized carbons (Fsp3) is 0.800. The molecule has 0 aromatic carbocycles. The van der Waals surface area contributed by atoms with Gasteiger partial charge in [0.05, 0.1) is 0 Å². The predicted molar refractivity (Wildman–Crippen MR) is 92.7 cm³/mol. The third-order valence-corrected chi connectivity index (χ3v) is 3.99. The van der Waals surface area contributed by atoms with E-state index in [1.807, 2.05) is 4.90 Å². The van der Waals surface area contributed by atoms with Crippen LogP contribution >= 0.6 is 0 Å². The molecule has 1 saturated heterocycles. The Hall–Kier alpha value is -1.91. The van der Waals surface area contributed by atoms with Crippen LogP contribution in [0.2, 0.25) is 0 Å². The third kappa shape index (κ3) is 6.69. The van der Waals surface area contributed by atoms with Crippen molar-refractivity contribution in [1.29, 1.82) is 0 Å². The number of hydrogen-bond donors (Lipinski definition) is 2.